The highest BCUT2D eigenvalue weighted by molar-refractivity contribution is 7.89. The van der Waals surface area contributed by atoms with Crippen LogP contribution in [-0.4, -0.2) is 43.0 Å². The van der Waals surface area contributed by atoms with Gasteiger partial charge < -0.3 is 9.84 Å². The molecule has 0 radical (unpaired) electrons. The second kappa shape index (κ2) is 5.80. The maximum atomic E-state index is 12.5. The van der Waals surface area contributed by atoms with Crippen molar-refractivity contribution in [3.63, 3.8) is 0 Å². The highest BCUT2D eigenvalue weighted by atomic mass is 32.2. The lowest BCUT2D eigenvalue weighted by Gasteiger charge is -2.21. The number of carbonyl (C=O) groups is 1. The summed E-state index contributed by atoms with van der Waals surface area (Å²) in [6, 6.07) is 5.16. The molecule has 6 nitrogen and oxygen atoms in total. The number of hydrogen-bond donors (Lipinski definition) is 1. The topological polar surface area (TPSA) is 83.9 Å². The van der Waals surface area contributed by atoms with Gasteiger partial charge in [0.05, 0.1) is 11.5 Å². The van der Waals surface area contributed by atoms with Crippen molar-refractivity contribution < 1.29 is 23.1 Å². The van der Waals surface area contributed by atoms with Crippen molar-refractivity contribution in [3.8, 4) is 5.75 Å². The van der Waals surface area contributed by atoms with E-state index in [4.69, 9.17) is 9.84 Å². The van der Waals surface area contributed by atoms with Gasteiger partial charge in [-0.15, -0.1) is 0 Å². The fourth-order valence-electron chi connectivity index (χ4n) is 2.30. The summed E-state index contributed by atoms with van der Waals surface area (Å²) in [5.74, 6) is -0.647. The van der Waals surface area contributed by atoms with E-state index in [-0.39, 0.29) is 11.4 Å². The number of aliphatic carboxylic acids is 1. The highest BCUT2D eigenvalue weighted by Crippen LogP contribution is 2.28. The Hall–Kier alpha value is -1.60. The quantitative estimate of drug-likeness (QED) is 0.886. The average molecular weight is 299 g/mol. The van der Waals surface area contributed by atoms with Crippen LogP contribution in [0.5, 0.6) is 5.75 Å². The molecule has 7 heteroatoms. The Labute approximate surface area is 118 Å². The van der Waals surface area contributed by atoms with Gasteiger partial charge in [-0.2, -0.15) is 4.31 Å². The number of sulfonamides is 1. The Morgan fingerprint density at radius 3 is 2.90 bits per heavy atom. The second-order valence-electron chi connectivity index (χ2n) is 4.52. The van der Waals surface area contributed by atoms with Crippen LogP contribution in [0.15, 0.2) is 29.2 Å². The Morgan fingerprint density at radius 2 is 2.25 bits per heavy atom. The minimum atomic E-state index is -3.80. The van der Waals surface area contributed by atoms with E-state index < -0.39 is 22.0 Å². The number of hydrogen-bond acceptors (Lipinski definition) is 4. The van der Waals surface area contributed by atoms with E-state index >= 15 is 0 Å². The van der Waals surface area contributed by atoms with E-state index in [1.807, 2.05) is 6.92 Å². The lowest BCUT2D eigenvalue weighted by Crippen LogP contribution is -2.40. The summed E-state index contributed by atoms with van der Waals surface area (Å²) in [4.78, 5) is 11.2. The average Bonchev–Trinajstić information content (AvgIpc) is 2.89. The number of carboxylic acid groups (broad SMARTS) is 1. The van der Waals surface area contributed by atoms with Crippen LogP contribution in [0.3, 0.4) is 0 Å². The minimum absolute atomic E-state index is 0.0663. The first-order chi connectivity index (χ1) is 9.46. The monoisotopic (exact) mass is 299 g/mol. The first-order valence-corrected chi connectivity index (χ1v) is 7.88. The molecule has 1 aliphatic rings. The molecule has 1 saturated heterocycles. The molecule has 2 rings (SSSR count). The lowest BCUT2D eigenvalue weighted by atomic mass is 10.2. The van der Waals surface area contributed by atoms with Crippen LogP contribution in [0.1, 0.15) is 19.8 Å². The summed E-state index contributed by atoms with van der Waals surface area (Å²) in [6.45, 7) is 2.48. The van der Waals surface area contributed by atoms with Gasteiger partial charge in [-0.1, -0.05) is 6.07 Å². The maximum absolute atomic E-state index is 12.5. The van der Waals surface area contributed by atoms with Gasteiger partial charge >= 0.3 is 5.97 Å². The smallest absolute Gasteiger partial charge is 0.322 e. The summed E-state index contributed by atoms with van der Waals surface area (Å²) in [7, 11) is -3.80. The SMILES string of the molecule is CCOc1cccc(S(=O)(=O)N2CCCC2C(=O)O)c1. The van der Waals surface area contributed by atoms with Crippen LogP contribution < -0.4 is 4.74 Å². The number of carboxylic acids is 1. The molecule has 1 aromatic rings. The summed E-state index contributed by atoms with van der Waals surface area (Å²) < 4.78 is 31.4. The summed E-state index contributed by atoms with van der Waals surface area (Å²) in [5, 5.41) is 9.10. The van der Waals surface area contributed by atoms with Gasteiger partial charge in [0.2, 0.25) is 10.0 Å². The summed E-state index contributed by atoms with van der Waals surface area (Å²) in [6.07, 6.45) is 0.904. The molecule has 1 fully saturated rings. The number of ether oxygens (including phenoxy) is 1. The first kappa shape index (κ1) is 14.8. The Kier molecular flexibility index (Phi) is 4.29. The zero-order chi connectivity index (χ0) is 14.8. The molecule has 1 aromatic carbocycles. The lowest BCUT2D eigenvalue weighted by molar-refractivity contribution is -0.140. The molecule has 110 valence electrons. The van der Waals surface area contributed by atoms with Crippen molar-refractivity contribution in [3.05, 3.63) is 24.3 Å². The van der Waals surface area contributed by atoms with Crippen LogP contribution in [-0.2, 0) is 14.8 Å². The largest absolute Gasteiger partial charge is 0.494 e. The van der Waals surface area contributed by atoms with Crippen LogP contribution in [0.4, 0.5) is 0 Å². The van der Waals surface area contributed by atoms with Crippen molar-refractivity contribution in [2.24, 2.45) is 0 Å². The zero-order valence-electron chi connectivity index (χ0n) is 11.2. The van der Waals surface area contributed by atoms with Gasteiger partial charge in [-0.25, -0.2) is 8.42 Å². The van der Waals surface area contributed by atoms with Gasteiger partial charge in [0.1, 0.15) is 11.8 Å². The number of rotatable bonds is 5. The van der Waals surface area contributed by atoms with Gasteiger partial charge in [0.15, 0.2) is 0 Å². The number of benzene rings is 1. The molecule has 0 aliphatic carbocycles. The Bertz CT molecular complexity index is 599. The summed E-state index contributed by atoms with van der Waals surface area (Å²) in [5.41, 5.74) is 0. The van der Waals surface area contributed by atoms with Gasteiger partial charge in [-0.05, 0) is 31.9 Å². The molecule has 1 N–H and O–H groups in total. The van der Waals surface area contributed by atoms with E-state index in [9.17, 15) is 13.2 Å². The molecule has 0 bridgehead atoms. The third-order valence-corrected chi connectivity index (χ3v) is 5.12. The van der Waals surface area contributed by atoms with E-state index in [1.165, 1.54) is 12.1 Å². The summed E-state index contributed by atoms with van der Waals surface area (Å²) >= 11 is 0. The molecule has 20 heavy (non-hydrogen) atoms. The van der Waals surface area contributed by atoms with E-state index in [2.05, 4.69) is 0 Å². The van der Waals surface area contributed by atoms with Crippen LogP contribution in [0.2, 0.25) is 0 Å². The van der Waals surface area contributed by atoms with Crippen molar-refractivity contribution in [2.45, 2.75) is 30.7 Å². The van der Waals surface area contributed by atoms with Gasteiger partial charge in [0, 0.05) is 12.6 Å². The molecule has 0 amide bonds. The molecule has 1 aliphatic heterocycles. The number of nitrogens with zero attached hydrogens (tertiary/aromatic N) is 1. The van der Waals surface area contributed by atoms with Crippen LogP contribution >= 0.6 is 0 Å². The van der Waals surface area contributed by atoms with Crippen LogP contribution in [0, 0.1) is 0 Å². The molecule has 0 spiro atoms. The molecule has 0 aromatic heterocycles. The predicted octanol–water partition coefficient (Wildman–Crippen LogP) is 1.32. The van der Waals surface area contributed by atoms with E-state index in [1.54, 1.807) is 12.1 Å². The van der Waals surface area contributed by atoms with Crippen molar-refractivity contribution >= 4 is 16.0 Å². The van der Waals surface area contributed by atoms with E-state index in [0.717, 1.165) is 4.31 Å². The fraction of sp³-hybridized carbons (Fsp3) is 0.462. The van der Waals surface area contributed by atoms with Crippen molar-refractivity contribution in [1.82, 2.24) is 4.31 Å². The maximum Gasteiger partial charge on any atom is 0.322 e. The minimum Gasteiger partial charge on any atom is -0.494 e. The van der Waals surface area contributed by atoms with E-state index in [0.29, 0.717) is 25.2 Å². The predicted molar refractivity (Wildman–Crippen MR) is 72.2 cm³/mol. The third-order valence-electron chi connectivity index (χ3n) is 3.21. The first-order valence-electron chi connectivity index (χ1n) is 6.44. The second-order valence-corrected chi connectivity index (χ2v) is 6.41. The molecular weight excluding hydrogens is 282 g/mol. The van der Waals surface area contributed by atoms with Crippen molar-refractivity contribution in [1.29, 1.82) is 0 Å². The van der Waals surface area contributed by atoms with Crippen LogP contribution in [0.25, 0.3) is 0 Å². The van der Waals surface area contributed by atoms with Crippen molar-refractivity contribution in [2.75, 3.05) is 13.2 Å². The highest BCUT2D eigenvalue weighted by Gasteiger charge is 2.39. The van der Waals surface area contributed by atoms with Gasteiger partial charge in [0.25, 0.3) is 0 Å². The normalized spacial score (nSPS) is 19.9. The fourth-order valence-corrected chi connectivity index (χ4v) is 3.99. The molecule has 1 heterocycles. The third kappa shape index (κ3) is 2.78. The molecule has 1 unspecified atom stereocenters. The Balaban J connectivity index is 2.34. The Morgan fingerprint density at radius 1 is 1.50 bits per heavy atom. The zero-order valence-corrected chi connectivity index (χ0v) is 12.0. The molecular formula is C13H17NO5S. The molecule has 1 atom stereocenters. The van der Waals surface area contributed by atoms with Gasteiger partial charge in [-0.3, -0.25) is 4.79 Å². The standard InChI is InChI=1S/C13H17NO5S/c1-2-19-10-5-3-6-11(9-10)20(17,18)14-8-4-7-12(14)13(15)16/h3,5-6,9,12H,2,4,7-8H2,1H3,(H,15,16). The molecule has 0 saturated carbocycles.